The Morgan fingerprint density at radius 3 is 2.10 bits per heavy atom. The van der Waals surface area contributed by atoms with E-state index in [2.05, 4.69) is 49.9 Å². The summed E-state index contributed by atoms with van der Waals surface area (Å²) >= 11 is 0. The van der Waals surface area contributed by atoms with Crippen molar-refractivity contribution >= 4 is 17.4 Å². The number of carbonyl (C=O) groups excluding carboxylic acids is 2. The molecule has 0 bridgehead atoms. The smallest absolute Gasteiger partial charge is 0.222 e. The number of hydrogen-bond donors (Lipinski definition) is 0. The minimum absolute atomic E-state index is 0.0921. The summed E-state index contributed by atoms with van der Waals surface area (Å²) < 4.78 is 0. The van der Waals surface area contributed by atoms with Crippen LogP contribution in [0.25, 0.3) is 0 Å². The first-order valence-corrected chi connectivity index (χ1v) is 10.6. The lowest BCUT2D eigenvalue weighted by molar-refractivity contribution is -0.131. The number of para-hydroxylation sites is 1. The van der Waals surface area contributed by atoms with Crippen LogP contribution in [0.15, 0.2) is 54.6 Å². The Balaban J connectivity index is 1.48. The molecular formula is C25H32N2O2. The van der Waals surface area contributed by atoms with Crippen LogP contribution in [0.3, 0.4) is 0 Å². The van der Waals surface area contributed by atoms with E-state index in [9.17, 15) is 9.59 Å². The number of piperazine rings is 1. The highest BCUT2D eigenvalue weighted by Gasteiger charge is 2.25. The number of carbonyl (C=O) groups is 2. The van der Waals surface area contributed by atoms with Crippen LogP contribution in [0, 0.1) is 0 Å². The second-order valence-electron chi connectivity index (χ2n) is 8.78. The predicted octanol–water partition coefficient (Wildman–Crippen LogP) is 4.69. The number of Topliss-reactive ketones (excluding diaryl/α,β-unsaturated/α-hetero) is 1. The molecule has 154 valence electrons. The van der Waals surface area contributed by atoms with Gasteiger partial charge in [-0.3, -0.25) is 9.59 Å². The summed E-state index contributed by atoms with van der Waals surface area (Å²) in [7, 11) is 0. The van der Waals surface area contributed by atoms with E-state index in [-0.39, 0.29) is 17.1 Å². The second-order valence-corrected chi connectivity index (χ2v) is 8.78. The lowest BCUT2D eigenvalue weighted by atomic mass is 9.85. The van der Waals surface area contributed by atoms with Gasteiger partial charge in [0.25, 0.3) is 0 Å². The van der Waals surface area contributed by atoms with Gasteiger partial charge in [-0.05, 0) is 23.5 Å². The maximum atomic E-state index is 12.6. The van der Waals surface area contributed by atoms with E-state index in [0.29, 0.717) is 19.3 Å². The molecule has 2 aromatic rings. The lowest BCUT2D eigenvalue weighted by Crippen LogP contribution is -2.49. The van der Waals surface area contributed by atoms with Crippen molar-refractivity contribution in [1.82, 2.24) is 4.90 Å². The fourth-order valence-electron chi connectivity index (χ4n) is 3.91. The fourth-order valence-corrected chi connectivity index (χ4v) is 3.91. The van der Waals surface area contributed by atoms with E-state index < -0.39 is 0 Å². The van der Waals surface area contributed by atoms with Gasteiger partial charge in [-0.2, -0.15) is 0 Å². The monoisotopic (exact) mass is 392 g/mol. The molecule has 1 saturated heterocycles. The van der Waals surface area contributed by atoms with Gasteiger partial charge in [0.05, 0.1) is 0 Å². The Bertz CT molecular complexity index is 831. The molecule has 4 heteroatoms. The fraction of sp³-hybridized carbons (Fsp3) is 0.440. The van der Waals surface area contributed by atoms with Gasteiger partial charge in [-0.1, -0.05) is 69.3 Å². The molecule has 29 heavy (non-hydrogen) atoms. The van der Waals surface area contributed by atoms with Gasteiger partial charge in [0, 0.05) is 50.3 Å². The minimum atomic E-state index is 0.0921. The molecule has 3 rings (SSSR count). The van der Waals surface area contributed by atoms with Crippen LogP contribution in [0.4, 0.5) is 5.69 Å². The van der Waals surface area contributed by atoms with Crippen molar-refractivity contribution in [3.63, 3.8) is 0 Å². The van der Waals surface area contributed by atoms with Crippen LogP contribution >= 0.6 is 0 Å². The van der Waals surface area contributed by atoms with E-state index in [1.165, 1.54) is 11.3 Å². The first-order valence-electron chi connectivity index (χ1n) is 10.6. The van der Waals surface area contributed by atoms with Crippen molar-refractivity contribution in [1.29, 1.82) is 0 Å². The number of amides is 1. The van der Waals surface area contributed by atoms with Crippen LogP contribution < -0.4 is 4.90 Å². The summed E-state index contributed by atoms with van der Waals surface area (Å²) in [6.07, 6.45) is 1.48. The number of ketones is 1. The van der Waals surface area contributed by atoms with Gasteiger partial charge in [0.1, 0.15) is 0 Å². The van der Waals surface area contributed by atoms with Crippen LogP contribution in [-0.4, -0.2) is 42.8 Å². The third kappa shape index (κ3) is 5.47. The third-order valence-electron chi connectivity index (χ3n) is 5.58. The second kappa shape index (κ2) is 9.25. The maximum absolute atomic E-state index is 12.6. The zero-order chi connectivity index (χ0) is 20.9. The molecule has 0 N–H and O–H groups in total. The molecule has 1 heterocycles. The van der Waals surface area contributed by atoms with E-state index in [1.54, 1.807) is 0 Å². The summed E-state index contributed by atoms with van der Waals surface area (Å²) in [5, 5.41) is 0. The standard InChI is InChI=1S/C25H32N2O2/c1-25(2,3)21-12-7-8-13-22(21)26-16-18-27(19-17-26)24(29)15-9-14-23(28)20-10-5-4-6-11-20/h4-8,10-13H,9,14-19H2,1-3H3. The first kappa shape index (κ1) is 21.1. The summed E-state index contributed by atoms with van der Waals surface area (Å²) in [6.45, 7) is 9.89. The molecule has 1 amide bonds. The Morgan fingerprint density at radius 2 is 1.45 bits per heavy atom. The van der Waals surface area contributed by atoms with Gasteiger partial charge < -0.3 is 9.80 Å². The van der Waals surface area contributed by atoms with Crippen molar-refractivity contribution in [3.05, 3.63) is 65.7 Å². The topological polar surface area (TPSA) is 40.6 Å². The Kier molecular flexibility index (Phi) is 6.73. The van der Waals surface area contributed by atoms with E-state index in [1.807, 2.05) is 35.2 Å². The van der Waals surface area contributed by atoms with Gasteiger partial charge in [-0.15, -0.1) is 0 Å². The van der Waals surface area contributed by atoms with Gasteiger partial charge in [0.15, 0.2) is 5.78 Å². The van der Waals surface area contributed by atoms with Crippen molar-refractivity contribution in [2.75, 3.05) is 31.1 Å². The van der Waals surface area contributed by atoms with Crippen LogP contribution in [0.1, 0.15) is 56.0 Å². The SMILES string of the molecule is CC(C)(C)c1ccccc1N1CCN(C(=O)CCCC(=O)c2ccccc2)CC1. The summed E-state index contributed by atoms with van der Waals surface area (Å²) in [4.78, 5) is 29.1. The van der Waals surface area contributed by atoms with Gasteiger partial charge in [-0.25, -0.2) is 0 Å². The molecule has 4 nitrogen and oxygen atoms in total. The molecule has 2 aromatic carbocycles. The molecule has 0 saturated carbocycles. The largest absolute Gasteiger partial charge is 0.368 e. The lowest BCUT2D eigenvalue weighted by Gasteiger charge is -2.38. The summed E-state index contributed by atoms with van der Waals surface area (Å²) in [6, 6.07) is 17.9. The number of anilines is 1. The van der Waals surface area contributed by atoms with Gasteiger partial charge >= 0.3 is 0 Å². The molecule has 0 aromatic heterocycles. The molecular weight excluding hydrogens is 360 g/mol. The maximum Gasteiger partial charge on any atom is 0.222 e. The van der Waals surface area contributed by atoms with E-state index >= 15 is 0 Å². The Hall–Kier alpha value is -2.62. The molecule has 0 aliphatic carbocycles. The van der Waals surface area contributed by atoms with Crippen molar-refractivity contribution in [2.24, 2.45) is 0 Å². The highest BCUT2D eigenvalue weighted by molar-refractivity contribution is 5.96. The van der Waals surface area contributed by atoms with Crippen molar-refractivity contribution in [2.45, 2.75) is 45.4 Å². The highest BCUT2D eigenvalue weighted by atomic mass is 16.2. The number of hydrogen-bond acceptors (Lipinski definition) is 3. The van der Waals surface area contributed by atoms with Crippen LogP contribution in [0.2, 0.25) is 0 Å². The zero-order valence-corrected chi connectivity index (χ0v) is 17.9. The quantitative estimate of drug-likeness (QED) is 0.670. The van der Waals surface area contributed by atoms with Crippen LogP contribution in [0.5, 0.6) is 0 Å². The van der Waals surface area contributed by atoms with E-state index in [4.69, 9.17) is 0 Å². The normalized spacial score (nSPS) is 14.7. The summed E-state index contributed by atoms with van der Waals surface area (Å²) in [5.41, 5.74) is 3.44. The van der Waals surface area contributed by atoms with Gasteiger partial charge in [0.2, 0.25) is 5.91 Å². The molecule has 0 spiro atoms. The molecule has 0 unspecified atom stereocenters. The molecule has 0 atom stereocenters. The Morgan fingerprint density at radius 1 is 0.828 bits per heavy atom. The van der Waals surface area contributed by atoms with Crippen molar-refractivity contribution < 1.29 is 9.59 Å². The zero-order valence-electron chi connectivity index (χ0n) is 17.9. The minimum Gasteiger partial charge on any atom is -0.368 e. The average molecular weight is 393 g/mol. The predicted molar refractivity (Wildman–Crippen MR) is 119 cm³/mol. The highest BCUT2D eigenvalue weighted by Crippen LogP contribution is 2.32. The number of nitrogens with zero attached hydrogens (tertiary/aromatic N) is 2. The molecule has 1 fully saturated rings. The molecule has 1 aliphatic heterocycles. The number of benzene rings is 2. The molecule has 1 aliphatic rings. The summed E-state index contributed by atoms with van der Waals surface area (Å²) in [5.74, 6) is 0.275. The van der Waals surface area contributed by atoms with Crippen LogP contribution in [-0.2, 0) is 10.2 Å². The Labute approximate surface area is 174 Å². The van der Waals surface area contributed by atoms with Crippen molar-refractivity contribution in [3.8, 4) is 0 Å². The average Bonchev–Trinajstić information content (AvgIpc) is 2.73. The van der Waals surface area contributed by atoms with E-state index in [0.717, 1.165) is 31.7 Å². The third-order valence-corrected chi connectivity index (χ3v) is 5.58. The molecule has 0 radical (unpaired) electrons. The number of rotatable bonds is 6. The first-order chi connectivity index (χ1) is 13.9.